The molecule has 0 radical (unpaired) electrons. The van der Waals surface area contributed by atoms with Gasteiger partial charge in [-0.05, 0) is 46.0 Å². The zero-order valence-electron chi connectivity index (χ0n) is 10.6. The Morgan fingerprint density at radius 3 is 2.44 bits per heavy atom. The van der Waals surface area contributed by atoms with Crippen molar-refractivity contribution in [2.24, 2.45) is 5.92 Å². The van der Waals surface area contributed by atoms with Gasteiger partial charge in [-0.25, -0.2) is 4.79 Å². The molecule has 1 fully saturated rings. The van der Waals surface area contributed by atoms with Crippen LogP contribution < -0.4 is 5.32 Å². The van der Waals surface area contributed by atoms with Gasteiger partial charge in [0.15, 0.2) is 0 Å². The summed E-state index contributed by atoms with van der Waals surface area (Å²) in [5, 5.41) is 12.4. The van der Waals surface area contributed by atoms with Gasteiger partial charge in [0, 0.05) is 6.04 Å². The zero-order chi connectivity index (χ0) is 12.3. The van der Waals surface area contributed by atoms with Crippen molar-refractivity contribution in [2.45, 2.75) is 64.7 Å². The third kappa shape index (κ3) is 4.84. The molecule has 1 saturated carbocycles. The third-order valence-corrected chi connectivity index (χ3v) is 2.64. The standard InChI is InChI=1S/C12H23NO3/c1-8-5-9(7-10(14)6-8)13-11(15)16-12(2,3)4/h8-10,14H,5-7H2,1-4H3,(H,13,15). The molecule has 0 spiro atoms. The average Bonchev–Trinajstić information content (AvgIpc) is 1.96. The van der Waals surface area contributed by atoms with E-state index in [1.54, 1.807) is 0 Å². The maximum Gasteiger partial charge on any atom is 0.407 e. The van der Waals surface area contributed by atoms with Gasteiger partial charge in [-0.2, -0.15) is 0 Å². The van der Waals surface area contributed by atoms with E-state index in [1.165, 1.54) is 0 Å². The van der Waals surface area contributed by atoms with E-state index in [4.69, 9.17) is 4.74 Å². The molecule has 3 unspecified atom stereocenters. The normalized spacial score (nSPS) is 30.9. The number of aliphatic hydroxyl groups is 1. The van der Waals surface area contributed by atoms with Gasteiger partial charge in [0.25, 0.3) is 0 Å². The molecule has 0 heterocycles. The van der Waals surface area contributed by atoms with Crippen LogP contribution in [0.1, 0.15) is 47.0 Å². The fraction of sp³-hybridized carbons (Fsp3) is 0.917. The predicted octanol–water partition coefficient (Wildman–Crippen LogP) is 2.06. The number of hydrogen-bond donors (Lipinski definition) is 2. The molecule has 1 amide bonds. The van der Waals surface area contributed by atoms with E-state index in [-0.39, 0.29) is 12.1 Å². The molecule has 0 aliphatic heterocycles. The molecule has 2 N–H and O–H groups in total. The maximum absolute atomic E-state index is 11.5. The summed E-state index contributed by atoms with van der Waals surface area (Å²) in [5.74, 6) is 0.448. The highest BCUT2D eigenvalue weighted by atomic mass is 16.6. The van der Waals surface area contributed by atoms with Crippen LogP contribution in [0.25, 0.3) is 0 Å². The van der Waals surface area contributed by atoms with Gasteiger partial charge < -0.3 is 15.2 Å². The van der Waals surface area contributed by atoms with Crippen molar-refractivity contribution < 1.29 is 14.6 Å². The largest absolute Gasteiger partial charge is 0.444 e. The highest BCUT2D eigenvalue weighted by molar-refractivity contribution is 5.68. The first-order valence-corrected chi connectivity index (χ1v) is 5.94. The van der Waals surface area contributed by atoms with E-state index in [0.717, 1.165) is 12.8 Å². The van der Waals surface area contributed by atoms with Crippen molar-refractivity contribution in [3.63, 3.8) is 0 Å². The lowest BCUT2D eigenvalue weighted by atomic mass is 9.85. The molecule has 94 valence electrons. The van der Waals surface area contributed by atoms with E-state index in [0.29, 0.717) is 12.3 Å². The third-order valence-electron chi connectivity index (χ3n) is 2.64. The first-order valence-electron chi connectivity index (χ1n) is 5.94. The molecule has 4 nitrogen and oxygen atoms in total. The molecule has 16 heavy (non-hydrogen) atoms. The lowest BCUT2D eigenvalue weighted by Gasteiger charge is -2.31. The molecule has 0 bridgehead atoms. The van der Waals surface area contributed by atoms with Gasteiger partial charge in [0.05, 0.1) is 6.10 Å². The van der Waals surface area contributed by atoms with Gasteiger partial charge in [-0.1, -0.05) is 6.92 Å². The molecule has 1 aliphatic rings. The number of carbonyl (C=O) groups excluding carboxylic acids is 1. The summed E-state index contributed by atoms with van der Waals surface area (Å²) in [5.41, 5.74) is -0.469. The number of amides is 1. The number of ether oxygens (including phenoxy) is 1. The monoisotopic (exact) mass is 229 g/mol. The Hall–Kier alpha value is -0.770. The molecule has 0 aromatic carbocycles. The molecular formula is C12H23NO3. The first-order chi connectivity index (χ1) is 7.26. The summed E-state index contributed by atoms with van der Waals surface area (Å²) in [6, 6.07) is 0.0357. The minimum atomic E-state index is -0.469. The molecule has 1 aliphatic carbocycles. The van der Waals surface area contributed by atoms with E-state index < -0.39 is 11.7 Å². The van der Waals surface area contributed by atoms with Crippen LogP contribution in [0.4, 0.5) is 4.79 Å². The Kier molecular flexibility index (Phi) is 4.19. The molecule has 3 atom stereocenters. The fourth-order valence-corrected chi connectivity index (χ4v) is 2.16. The Labute approximate surface area is 97.4 Å². The van der Waals surface area contributed by atoms with Crippen molar-refractivity contribution in [1.82, 2.24) is 5.32 Å². The molecular weight excluding hydrogens is 206 g/mol. The number of nitrogens with one attached hydrogen (secondary N) is 1. The molecule has 0 aromatic rings. The lowest BCUT2D eigenvalue weighted by Crippen LogP contribution is -2.44. The Morgan fingerprint density at radius 2 is 1.94 bits per heavy atom. The first kappa shape index (κ1) is 13.3. The second kappa shape index (κ2) is 5.04. The van der Waals surface area contributed by atoms with Crippen LogP contribution in [0.2, 0.25) is 0 Å². The Morgan fingerprint density at radius 1 is 1.31 bits per heavy atom. The van der Waals surface area contributed by atoms with Crippen LogP contribution in [0.15, 0.2) is 0 Å². The minimum absolute atomic E-state index is 0.0357. The summed E-state index contributed by atoms with van der Waals surface area (Å²) >= 11 is 0. The van der Waals surface area contributed by atoms with Gasteiger partial charge >= 0.3 is 6.09 Å². The van der Waals surface area contributed by atoms with Crippen molar-refractivity contribution in [1.29, 1.82) is 0 Å². The van der Waals surface area contributed by atoms with Crippen molar-refractivity contribution in [3.8, 4) is 0 Å². The van der Waals surface area contributed by atoms with Crippen LogP contribution >= 0.6 is 0 Å². The lowest BCUT2D eigenvalue weighted by molar-refractivity contribution is 0.0415. The van der Waals surface area contributed by atoms with Crippen molar-refractivity contribution in [3.05, 3.63) is 0 Å². The van der Waals surface area contributed by atoms with Crippen LogP contribution in [-0.4, -0.2) is 28.9 Å². The van der Waals surface area contributed by atoms with Crippen LogP contribution in [0.5, 0.6) is 0 Å². The number of carbonyl (C=O) groups is 1. The predicted molar refractivity (Wildman–Crippen MR) is 62.2 cm³/mol. The van der Waals surface area contributed by atoms with E-state index in [2.05, 4.69) is 12.2 Å². The van der Waals surface area contributed by atoms with Crippen molar-refractivity contribution in [2.75, 3.05) is 0 Å². The number of hydrogen-bond acceptors (Lipinski definition) is 3. The molecule has 1 rings (SSSR count). The smallest absolute Gasteiger partial charge is 0.407 e. The van der Waals surface area contributed by atoms with Crippen LogP contribution in [-0.2, 0) is 4.74 Å². The Bertz CT molecular complexity index is 237. The van der Waals surface area contributed by atoms with Crippen LogP contribution in [0, 0.1) is 5.92 Å². The fourth-order valence-electron chi connectivity index (χ4n) is 2.16. The highest BCUT2D eigenvalue weighted by Crippen LogP contribution is 2.24. The van der Waals surface area contributed by atoms with E-state index >= 15 is 0 Å². The SMILES string of the molecule is CC1CC(O)CC(NC(=O)OC(C)(C)C)C1. The van der Waals surface area contributed by atoms with Crippen LogP contribution in [0.3, 0.4) is 0 Å². The quantitative estimate of drug-likeness (QED) is 0.723. The molecule has 0 aromatic heterocycles. The average molecular weight is 229 g/mol. The summed E-state index contributed by atoms with van der Waals surface area (Å²) in [6.45, 7) is 7.60. The van der Waals surface area contributed by atoms with E-state index in [9.17, 15) is 9.90 Å². The number of aliphatic hydroxyl groups excluding tert-OH is 1. The summed E-state index contributed by atoms with van der Waals surface area (Å²) in [4.78, 5) is 11.5. The summed E-state index contributed by atoms with van der Waals surface area (Å²) in [7, 11) is 0. The second-order valence-corrected chi connectivity index (χ2v) is 5.81. The summed E-state index contributed by atoms with van der Waals surface area (Å²) < 4.78 is 5.18. The Balaban J connectivity index is 2.39. The number of alkyl carbamates (subject to hydrolysis) is 1. The summed E-state index contributed by atoms with van der Waals surface area (Å²) in [6.07, 6.45) is 1.68. The van der Waals surface area contributed by atoms with Gasteiger partial charge in [0.1, 0.15) is 5.60 Å². The minimum Gasteiger partial charge on any atom is -0.444 e. The van der Waals surface area contributed by atoms with E-state index in [1.807, 2.05) is 20.8 Å². The number of rotatable bonds is 1. The molecule has 4 heteroatoms. The van der Waals surface area contributed by atoms with Gasteiger partial charge in [-0.3, -0.25) is 0 Å². The topological polar surface area (TPSA) is 58.6 Å². The highest BCUT2D eigenvalue weighted by Gasteiger charge is 2.27. The van der Waals surface area contributed by atoms with Gasteiger partial charge in [0.2, 0.25) is 0 Å². The zero-order valence-corrected chi connectivity index (χ0v) is 10.6. The van der Waals surface area contributed by atoms with Crippen molar-refractivity contribution >= 4 is 6.09 Å². The van der Waals surface area contributed by atoms with Gasteiger partial charge in [-0.15, -0.1) is 0 Å². The maximum atomic E-state index is 11.5. The molecule has 0 saturated heterocycles. The second-order valence-electron chi connectivity index (χ2n) is 5.81.